The van der Waals surface area contributed by atoms with E-state index in [-0.39, 0.29) is 17.1 Å². The Bertz CT molecular complexity index is 1200. The molecule has 1 heterocycles. The average molecular weight is 448 g/mol. The minimum atomic E-state index is -0.292. The smallest absolute Gasteiger partial charge is 0.255 e. The Labute approximate surface area is 188 Å². The van der Waals surface area contributed by atoms with Gasteiger partial charge in [-0.3, -0.25) is 9.59 Å². The largest absolute Gasteiger partial charge is 0.322 e. The van der Waals surface area contributed by atoms with Gasteiger partial charge in [0.25, 0.3) is 5.91 Å². The van der Waals surface area contributed by atoms with Crippen LogP contribution < -0.4 is 10.6 Å². The zero-order chi connectivity index (χ0) is 21.8. The van der Waals surface area contributed by atoms with Crippen molar-refractivity contribution in [3.63, 3.8) is 0 Å². The molecule has 2 N–H and O–H groups in total. The molecule has 5 nitrogen and oxygen atoms in total. The summed E-state index contributed by atoms with van der Waals surface area (Å²) in [6.45, 7) is 3.82. The second-order valence-corrected chi connectivity index (χ2v) is 9.53. The molecule has 4 rings (SSSR count). The van der Waals surface area contributed by atoms with Crippen molar-refractivity contribution in [2.45, 2.75) is 24.0 Å². The van der Waals surface area contributed by atoms with Crippen molar-refractivity contribution in [1.29, 1.82) is 0 Å². The number of fused-ring (bicyclic) bond motifs is 1. The topological polar surface area (TPSA) is 71.1 Å². The van der Waals surface area contributed by atoms with Crippen LogP contribution in [0.3, 0.4) is 0 Å². The molecular weight excluding hydrogens is 426 g/mol. The molecule has 0 spiro atoms. The molecule has 0 saturated heterocycles. The van der Waals surface area contributed by atoms with Gasteiger partial charge in [-0.2, -0.15) is 0 Å². The van der Waals surface area contributed by atoms with Crippen LogP contribution >= 0.6 is 23.1 Å². The van der Waals surface area contributed by atoms with Gasteiger partial charge in [-0.25, -0.2) is 4.98 Å². The molecule has 0 aliphatic carbocycles. The summed E-state index contributed by atoms with van der Waals surface area (Å²) in [6.07, 6.45) is 0. The average Bonchev–Trinajstić information content (AvgIpc) is 3.17. The fourth-order valence-electron chi connectivity index (χ4n) is 3.00. The van der Waals surface area contributed by atoms with Crippen LogP contribution in [-0.2, 0) is 4.79 Å². The molecular formula is C24H21N3O2S2. The minimum absolute atomic E-state index is 0.0964. The lowest BCUT2D eigenvalue weighted by Gasteiger charge is -2.11. The Morgan fingerprint density at radius 2 is 1.74 bits per heavy atom. The Balaban J connectivity index is 1.34. The number of aryl methyl sites for hydroxylation is 1. The normalized spacial score (nSPS) is 11.8. The number of nitrogens with one attached hydrogen (secondary N) is 2. The summed E-state index contributed by atoms with van der Waals surface area (Å²) in [5.41, 5.74) is 3.25. The molecule has 3 aromatic carbocycles. The molecule has 1 atom stereocenters. The van der Waals surface area contributed by atoms with Crippen LogP contribution in [-0.4, -0.2) is 22.0 Å². The van der Waals surface area contributed by atoms with Gasteiger partial charge in [0.2, 0.25) is 5.91 Å². The van der Waals surface area contributed by atoms with Crippen molar-refractivity contribution in [3.8, 4) is 0 Å². The number of thioether (sulfide) groups is 1. The Hall–Kier alpha value is -3.16. The number of amides is 2. The van der Waals surface area contributed by atoms with E-state index < -0.39 is 0 Å². The van der Waals surface area contributed by atoms with Gasteiger partial charge >= 0.3 is 0 Å². The highest BCUT2D eigenvalue weighted by atomic mass is 32.2. The third kappa shape index (κ3) is 5.31. The Kier molecular flexibility index (Phi) is 6.34. The van der Waals surface area contributed by atoms with Gasteiger partial charge in [0.05, 0.1) is 15.5 Å². The molecule has 7 heteroatoms. The van der Waals surface area contributed by atoms with Crippen LogP contribution in [0.1, 0.15) is 22.8 Å². The van der Waals surface area contributed by atoms with Crippen LogP contribution in [0, 0.1) is 6.92 Å². The number of hydrogen-bond acceptors (Lipinski definition) is 5. The summed E-state index contributed by atoms with van der Waals surface area (Å²) in [5.74, 6) is -0.242. The highest BCUT2D eigenvalue weighted by molar-refractivity contribution is 8.00. The molecule has 1 unspecified atom stereocenters. The predicted molar refractivity (Wildman–Crippen MR) is 129 cm³/mol. The second kappa shape index (κ2) is 9.32. The first-order valence-corrected chi connectivity index (χ1v) is 11.5. The van der Waals surface area contributed by atoms with Gasteiger partial charge in [-0.1, -0.05) is 41.2 Å². The summed E-state index contributed by atoms with van der Waals surface area (Å²) >= 11 is 2.92. The summed E-state index contributed by atoms with van der Waals surface area (Å²) < 4.78 is 1.04. The van der Waals surface area contributed by atoms with Crippen LogP contribution in [0.4, 0.5) is 10.8 Å². The number of carbonyl (C=O) groups is 2. The van der Waals surface area contributed by atoms with E-state index in [1.54, 1.807) is 6.07 Å². The maximum Gasteiger partial charge on any atom is 0.255 e. The first-order valence-electron chi connectivity index (χ1n) is 9.79. The molecule has 0 radical (unpaired) electrons. The highest BCUT2D eigenvalue weighted by Gasteiger charge is 2.16. The lowest BCUT2D eigenvalue weighted by atomic mass is 10.1. The molecule has 31 heavy (non-hydrogen) atoms. The number of para-hydroxylation sites is 1. The number of aromatic nitrogens is 1. The van der Waals surface area contributed by atoms with E-state index in [4.69, 9.17) is 0 Å². The van der Waals surface area contributed by atoms with Crippen molar-refractivity contribution in [2.24, 2.45) is 0 Å². The first-order chi connectivity index (χ1) is 15.0. The molecule has 4 aromatic rings. The highest BCUT2D eigenvalue weighted by Crippen LogP contribution is 2.28. The van der Waals surface area contributed by atoms with E-state index >= 15 is 0 Å². The molecule has 0 saturated carbocycles. The fourth-order valence-corrected chi connectivity index (χ4v) is 4.73. The van der Waals surface area contributed by atoms with Gasteiger partial charge in [0, 0.05) is 16.1 Å². The summed E-state index contributed by atoms with van der Waals surface area (Å²) in [5, 5.41) is 6.11. The van der Waals surface area contributed by atoms with Gasteiger partial charge < -0.3 is 10.6 Å². The van der Waals surface area contributed by atoms with E-state index in [0.29, 0.717) is 16.4 Å². The van der Waals surface area contributed by atoms with E-state index in [1.165, 1.54) is 23.1 Å². The standard InChI is InChI=1S/C24H21N3O2S2/c1-15-6-5-7-17(14-15)23(29)25-18-10-12-19(13-11-18)30-16(2)22(28)27-24-26-20-8-3-4-9-21(20)31-24/h3-14,16H,1-2H3,(H,25,29)(H,26,27,28). The Morgan fingerprint density at radius 3 is 2.48 bits per heavy atom. The van der Waals surface area contributed by atoms with Crippen LogP contribution in [0.25, 0.3) is 10.2 Å². The number of thiazole rings is 1. The Morgan fingerprint density at radius 1 is 0.968 bits per heavy atom. The third-order valence-corrected chi connectivity index (χ3v) is 6.66. The number of rotatable bonds is 6. The lowest BCUT2D eigenvalue weighted by molar-refractivity contribution is -0.115. The predicted octanol–water partition coefficient (Wildman–Crippen LogP) is 5.98. The maximum absolute atomic E-state index is 12.6. The third-order valence-electron chi connectivity index (χ3n) is 4.60. The zero-order valence-corrected chi connectivity index (χ0v) is 18.7. The molecule has 0 fully saturated rings. The van der Waals surface area contributed by atoms with Crippen LogP contribution in [0.15, 0.2) is 77.7 Å². The number of anilines is 2. The van der Waals surface area contributed by atoms with Gasteiger partial charge in [-0.05, 0) is 62.4 Å². The van der Waals surface area contributed by atoms with E-state index in [2.05, 4.69) is 15.6 Å². The second-order valence-electron chi connectivity index (χ2n) is 7.08. The van der Waals surface area contributed by atoms with Gasteiger partial charge in [-0.15, -0.1) is 11.8 Å². The van der Waals surface area contributed by atoms with E-state index in [0.717, 1.165) is 20.7 Å². The molecule has 0 aliphatic rings. The van der Waals surface area contributed by atoms with Crippen molar-refractivity contribution < 1.29 is 9.59 Å². The maximum atomic E-state index is 12.6. The quantitative estimate of drug-likeness (QED) is 0.357. The van der Waals surface area contributed by atoms with Crippen molar-refractivity contribution in [1.82, 2.24) is 4.98 Å². The number of benzene rings is 3. The first kappa shape index (κ1) is 21.1. The van der Waals surface area contributed by atoms with Crippen molar-refractivity contribution in [2.75, 3.05) is 10.6 Å². The van der Waals surface area contributed by atoms with Gasteiger partial charge in [0.15, 0.2) is 5.13 Å². The molecule has 0 bridgehead atoms. The summed E-state index contributed by atoms with van der Waals surface area (Å²) in [7, 11) is 0. The SMILES string of the molecule is Cc1cccc(C(=O)Nc2ccc(SC(C)C(=O)Nc3nc4ccccc4s3)cc2)c1. The minimum Gasteiger partial charge on any atom is -0.322 e. The van der Waals surface area contributed by atoms with Crippen LogP contribution in [0.5, 0.6) is 0 Å². The molecule has 0 aliphatic heterocycles. The molecule has 156 valence electrons. The number of hydrogen-bond donors (Lipinski definition) is 2. The molecule has 2 amide bonds. The number of nitrogens with zero attached hydrogens (tertiary/aromatic N) is 1. The van der Waals surface area contributed by atoms with E-state index in [1.807, 2.05) is 80.6 Å². The summed E-state index contributed by atoms with van der Waals surface area (Å²) in [6, 6.07) is 22.7. The van der Waals surface area contributed by atoms with Crippen molar-refractivity contribution >= 4 is 55.9 Å². The lowest BCUT2D eigenvalue weighted by Crippen LogP contribution is -2.22. The van der Waals surface area contributed by atoms with Gasteiger partial charge in [0.1, 0.15) is 0 Å². The van der Waals surface area contributed by atoms with E-state index in [9.17, 15) is 9.59 Å². The zero-order valence-electron chi connectivity index (χ0n) is 17.1. The number of carbonyl (C=O) groups excluding carboxylic acids is 2. The van der Waals surface area contributed by atoms with Crippen molar-refractivity contribution in [3.05, 3.63) is 83.9 Å². The fraction of sp³-hybridized carbons (Fsp3) is 0.125. The van der Waals surface area contributed by atoms with Crippen LogP contribution in [0.2, 0.25) is 0 Å². The summed E-state index contributed by atoms with van der Waals surface area (Å²) in [4.78, 5) is 30.3. The monoisotopic (exact) mass is 447 g/mol. The molecule has 1 aromatic heterocycles.